The summed E-state index contributed by atoms with van der Waals surface area (Å²) >= 11 is 1.08. The van der Waals surface area contributed by atoms with Crippen molar-refractivity contribution in [3.05, 3.63) is 24.3 Å². The molecular weight excluding hydrogens is 226 g/mol. The molecule has 0 saturated heterocycles. The van der Waals surface area contributed by atoms with Crippen LogP contribution in [0, 0.1) is 0 Å². The van der Waals surface area contributed by atoms with Crippen molar-refractivity contribution in [1.82, 2.24) is 4.98 Å². The summed E-state index contributed by atoms with van der Waals surface area (Å²) < 4.78 is 5.41. The molecule has 1 aromatic heterocycles. The van der Waals surface area contributed by atoms with E-state index in [4.69, 9.17) is 4.42 Å². The number of fused-ring (bicyclic) bond motifs is 1. The molecule has 0 radical (unpaired) electrons. The van der Waals surface area contributed by atoms with E-state index in [1.165, 1.54) is 0 Å². The second kappa shape index (κ2) is 4.57. The molecule has 0 aliphatic heterocycles. The Labute approximate surface area is 96.7 Å². The second-order valence-electron chi connectivity index (χ2n) is 3.28. The van der Waals surface area contributed by atoms with Crippen molar-refractivity contribution in [3.63, 3.8) is 0 Å². The molecular formula is C11H10NO3S-. The molecule has 2 rings (SSSR count). The molecule has 1 atom stereocenters. The van der Waals surface area contributed by atoms with Crippen LogP contribution < -0.4 is 5.11 Å². The molecule has 5 heteroatoms. The number of benzene rings is 1. The number of thioether (sulfide) groups is 1. The second-order valence-corrected chi connectivity index (χ2v) is 4.44. The van der Waals surface area contributed by atoms with Crippen LogP contribution in [0.25, 0.3) is 11.1 Å². The number of aliphatic carboxylic acids is 1. The number of para-hydroxylation sites is 2. The number of carboxylic acids is 1. The van der Waals surface area contributed by atoms with Gasteiger partial charge < -0.3 is 14.3 Å². The molecule has 0 fully saturated rings. The van der Waals surface area contributed by atoms with Crippen molar-refractivity contribution in [1.29, 1.82) is 0 Å². The number of carboxylic acid groups (broad SMARTS) is 1. The van der Waals surface area contributed by atoms with Gasteiger partial charge in [0.2, 0.25) is 0 Å². The van der Waals surface area contributed by atoms with Crippen LogP contribution in [0.1, 0.15) is 13.3 Å². The molecule has 0 aliphatic rings. The lowest BCUT2D eigenvalue weighted by Crippen LogP contribution is -2.32. The summed E-state index contributed by atoms with van der Waals surface area (Å²) in [6.45, 7) is 1.79. The number of oxazole rings is 1. The van der Waals surface area contributed by atoms with Crippen LogP contribution in [0.3, 0.4) is 0 Å². The minimum atomic E-state index is -1.09. The first-order valence-corrected chi connectivity index (χ1v) is 5.81. The standard InChI is InChI=1S/C11H11NO3S/c1-2-9(10(13)14)16-11-12-7-5-3-4-6-8(7)15-11/h3-6,9H,2H2,1H3,(H,13,14)/p-1/t9-/m0/s1. The monoisotopic (exact) mass is 236 g/mol. The van der Waals surface area contributed by atoms with Crippen LogP contribution in [0.15, 0.2) is 33.9 Å². The van der Waals surface area contributed by atoms with Crippen LogP contribution in [0.5, 0.6) is 0 Å². The molecule has 0 amide bonds. The van der Waals surface area contributed by atoms with E-state index in [9.17, 15) is 9.90 Å². The van der Waals surface area contributed by atoms with Crippen LogP contribution in [-0.4, -0.2) is 16.2 Å². The van der Waals surface area contributed by atoms with Crippen LogP contribution in [0.2, 0.25) is 0 Å². The lowest BCUT2D eigenvalue weighted by atomic mass is 10.3. The Morgan fingerprint density at radius 3 is 2.94 bits per heavy atom. The van der Waals surface area contributed by atoms with Gasteiger partial charge in [0.05, 0.1) is 11.2 Å². The predicted molar refractivity (Wildman–Crippen MR) is 59.0 cm³/mol. The number of carbonyl (C=O) groups is 1. The largest absolute Gasteiger partial charge is 0.549 e. The average molecular weight is 236 g/mol. The van der Waals surface area contributed by atoms with Gasteiger partial charge in [-0.2, -0.15) is 0 Å². The van der Waals surface area contributed by atoms with Crippen LogP contribution in [0.4, 0.5) is 0 Å². The van der Waals surface area contributed by atoms with Crippen molar-refractivity contribution in [3.8, 4) is 0 Å². The molecule has 84 valence electrons. The molecule has 16 heavy (non-hydrogen) atoms. The first-order chi connectivity index (χ1) is 7.70. The number of rotatable bonds is 4. The fourth-order valence-corrected chi connectivity index (χ4v) is 2.12. The van der Waals surface area contributed by atoms with Crippen molar-refractivity contribution in [2.45, 2.75) is 23.8 Å². The van der Waals surface area contributed by atoms with E-state index in [0.29, 0.717) is 17.2 Å². The fraction of sp³-hybridized carbons (Fsp3) is 0.273. The summed E-state index contributed by atoms with van der Waals surface area (Å²) in [7, 11) is 0. The van der Waals surface area contributed by atoms with E-state index in [2.05, 4.69) is 4.98 Å². The molecule has 0 spiro atoms. The summed E-state index contributed by atoms with van der Waals surface area (Å²) in [5.74, 6) is -1.09. The van der Waals surface area contributed by atoms with Crippen LogP contribution >= 0.6 is 11.8 Å². The highest BCUT2D eigenvalue weighted by atomic mass is 32.2. The summed E-state index contributed by atoms with van der Waals surface area (Å²) in [4.78, 5) is 14.9. The molecule has 2 aromatic rings. The number of nitrogens with zero attached hydrogens (tertiary/aromatic N) is 1. The van der Waals surface area contributed by atoms with Gasteiger partial charge in [-0.15, -0.1) is 0 Å². The first kappa shape index (κ1) is 11.0. The quantitative estimate of drug-likeness (QED) is 0.752. The first-order valence-electron chi connectivity index (χ1n) is 4.93. The predicted octanol–water partition coefficient (Wildman–Crippen LogP) is 1.45. The molecule has 1 aromatic carbocycles. The Bertz CT molecular complexity index is 476. The van der Waals surface area contributed by atoms with Gasteiger partial charge in [-0.3, -0.25) is 0 Å². The normalized spacial score (nSPS) is 12.8. The van der Waals surface area contributed by atoms with Crippen molar-refractivity contribution >= 4 is 28.8 Å². The molecule has 0 aliphatic carbocycles. The Morgan fingerprint density at radius 1 is 1.56 bits per heavy atom. The highest BCUT2D eigenvalue weighted by Crippen LogP contribution is 2.27. The third-order valence-electron chi connectivity index (χ3n) is 2.15. The maximum Gasteiger partial charge on any atom is 0.257 e. The molecule has 4 nitrogen and oxygen atoms in total. The summed E-state index contributed by atoms with van der Waals surface area (Å²) in [6, 6.07) is 7.32. The van der Waals surface area contributed by atoms with E-state index < -0.39 is 11.2 Å². The highest BCUT2D eigenvalue weighted by Gasteiger charge is 2.14. The van der Waals surface area contributed by atoms with E-state index in [-0.39, 0.29) is 0 Å². The minimum Gasteiger partial charge on any atom is -0.549 e. The van der Waals surface area contributed by atoms with E-state index in [1.54, 1.807) is 13.0 Å². The van der Waals surface area contributed by atoms with Crippen molar-refractivity contribution in [2.75, 3.05) is 0 Å². The Kier molecular flexibility index (Phi) is 3.14. The SMILES string of the molecule is CC[C@H](Sc1nc2ccccc2o1)C(=O)[O-]. The highest BCUT2D eigenvalue weighted by molar-refractivity contribution is 8.00. The summed E-state index contributed by atoms with van der Waals surface area (Å²) in [6.07, 6.45) is 0.478. The lowest BCUT2D eigenvalue weighted by Gasteiger charge is -2.11. The molecule has 0 saturated carbocycles. The Balaban J connectivity index is 2.24. The van der Waals surface area contributed by atoms with Gasteiger partial charge in [-0.1, -0.05) is 30.8 Å². The van der Waals surface area contributed by atoms with E-state index in [0.717, 1.165) is 17.3 Å². The van der Waals surface area contributed by atoms with E-state index in [1.807, 2.05) is 18.2 Å². The molecule has 1 heterocycles. The van der Waals surface area contributed by atoms with Gasteiger partial charge in [0, 0.05) is 0 Å². The lowest BCUT2D eigenvalue weighted by molar-refractivity contribution is -0.304. The van der Waals surface area contributed by atoms with Gasteiger partial charge in [-0.05, 0) is 18.6 Å². The zero-order valence-electron chi connectivity index (χ0n) is 8.67. The maximum atomic E-state index is 10.7. The Hall–Kier alpha value is -1.49. The summed E-state index contributed by atoms with van der Waals surface area (Å²) in [5.41, 5.74) is 1.40. The Morgan fingerprint density at radius 2 is 2.31 bits per heavy atom. The number of hydrogen-bond acceptors (Lipinski definition) is 5. The summed E-state index contributed by atoms with van der Waals surface area (Å²) in [5, 5.41) is 10.5. The number of aromatic nitrogens is 1. The van der Waals surface area contributed by atoms with Gasteiger partial charge in [0.15, 0.2) is 5.58 Å². The minimum absolute atomic E-state index is 0.372. The van der Waals surface area contributed by atoms with Crippen molar-refractivity contribution < 1.29 is 14.3 Å². The maximum absolute atomic E-state index is 10.7. The third-order valence-corrected chi connectivity index (χ3v) is 3.34. The third kappa shape index (κ3) is 2.19. The zero-order valence-corrected chi connectivity index (χ0v) is 9.49. The van der Waals surface area contributed by atoms with Gasteiger partial charge in [0.1, 0.15) is 5.52 Å². The average Bonchev–Trinajstić information content (AvgIpc) is 2.67. The topological polar surface area (TPSA) is 66.2 Å². The zero-order chi connectivity index (χ0) is 11.5. The van der Waals surface area contributed by atoms with E-state index >= 15 is 0 Å². The smallest absolute Gasteiger partial charge is 0.257 e. The van der Waals surface area contributed by atoms with Crippen LogP contribution in [-0.2, 0) is 4.79 Å². The van der Waals surface area contributed by atoms with Crippen molar-refractivity contribution in [2.24, 2.45) is 0 Å². The van der Waals surface area contributed by atoms with Gasteiger partial charge >= 0.3 is 0 Å². The number of hydrogen-bond donors (Lipinski definition) is 0. The number of carbonyl (C=O) groups excluding carboxylic acids is 1. The van der Waals surface area contributed by atoms with Gasteiger partial charge in [0.25, 0.3) is 5.22 Å². The molecule has 0 N–H and O–H groups in total. The fourth-order valence-electron chi connectivity index (χ4n) is 1.32. The molecule has 0 bridgehead atoms. The molecule has 0 unspecified atom stereocenters. The van der Waals surface area contributed by atoms with Gasteiger partial charge in [-0.25, -0.2) is 4.98 Å².